The molecule has 19 heavy (non-hydrogen) atoms. The number of nitrogens with zero attached hydrogens (tertiary/aromatic N) is 2. The first-order valence-corrected chi connectivity index (χ1v) is 6.03. The maximum Gasteiger partial charge on any atom is 0.274 e. The van der Waals surface area contributed by atoms with Crippen LogP contribution in [0.1, 0.15) is 11.6 Å². The van der Waals surface area contributed by atoms with Gasteiger partial charge in [0.05, 0.1) is 17.6 Å². The molecule has 1 aliphatic heterocycles. The lowest BCUT2D eigenvalue weighted by molar-refractivity contribution is -0.386. The maximum absolute atomic E-state index is 11.0. The number of hydrogen-bond acceptors (Lipinski definition) is 5. The number of aliphatic hydroxyl groups is 1. The minimum absolute atomic E-state index is 0. The predicted octanol–water partition coefficient (Wildman–Crippen LogP) is 0.955. The summed E-state index contributed by atoms with van der Waals surface area (Å²) in [5.74, 6) is 0. The van der Waals surface area contributed by atoms with Crippen LogP contribution in [-0.2, 0) is 0 Å². The molecule has 2 N–H and O–H groups in total. The van der Waals surface area contributed by atoms with E-state index in [4.69, 9.17) is 0 Å². The van der Waals surface area contributed by atoms with Crippen molar-refractivity contribution >= 4 is 18.1 Å². The van der Waals surface area contributed by atoms with E-state index in [9.17, 15) is 15.2 Å². The molecule has 1 heterocycles. The van der Waals surface area contributed by atoms with Crippen molar-refractivity contribution in [2.45, 2.75) is 6.04 Å². The van der Waals surface area contributed by atoms with Crippen LogP contribution in [0.2, 0.25) is 0 Å². The fourth-order valence-electron chi connectivity index (χ4n) is 2.34. The van der Waals surface area contributed by atoms with Crippen LogP contribution in [0, 0.1) is 10.1 Å². The van der Waals surface area contributed by atoms with Crippen LogP contribution in [0.5, 0.6) is 0 Å². The number of piperazine rings is 1. The van der Waals surface area contributed by atoms with Gasteiger partial charge in [0.2, 0.25) is 0 Å². The molecular formula is C12H18ClN3O3. The van der Waals surface area contributed by atoms with E-state index in [1.165, 1.54) is 6.07 Å². The van der Waals surface area contributed by atoms with Crippen LogP contribution in [0.15, 0.2) is 24.3 Å². The minimum Gasteiger partial charge on any atom is -0.394 e. The number of halogens is 1. The summed E-state index contributed by atoms with van der Waals surface area (Å²) in [4.78, 5) is 12.7. The smallest absolute Gasteiger partial charge is 0.274 e. The third kappa shape index (κ3) is 3.63. The number of benzene rings is 1. The highest BCUT2D eigenvalue weighted by Gasteiger charge is 2.27. The quantitative estimate of drug-likeness (QED) is 0.637. The highest BCUT2D eigenvalue weighted by Crippen LogP contribution is 2.28. The summed E-state index contributed by atoms with van der Waals surface area (Å²) < 4.78 is 0. The van der Waals surface area contributed by atoms with Gasteiger partial charge in [0.15, 0.2) is 0 Å². The first kappa shape index (κ1) is 15.8. The average Bonchev–Trinajstić information content (AvgIpc) is 2.41. The van der Waals surface area contributed by atoms with Gasteiger partial charge in [0.1, 0.15) is 0 Å². The first-order chi connectivity index (χ1) is 8.74. The Bertz CT molecular complexity index is 424. The first-order valence-electron chi connectivity index (χ1n) is 6.03. The molecule has 0 saturated carbocycles. The fourth-order valence-corrected chi connectivity index (χ4v) is 2.34. The van der Waals surface area contributed by atoms with E-state index in [1.807, 2.05) is 0 Å². The second-order valence-electron chi connectivity index (χ2n) is 4.30. The summed E-state index contributed by atoms with van der Waals surface area (Å²) in [7, 11) is 0. The Morgan fingerprint density at radius 2 is 2.00 bits per heavy atom. The molecular weight excluding hydrogens is 270 g/mol. The number of nitrogens with one attached hydrogen (secondary N) is 1. The van der Waals surface area contributed by atoms with Gasteiger partial charge in [-0.2, -0.15) is 0 Å². The number of nitro benzene ring substituents is 1. The van der Waals surface area contributed by atoms with Crippen molar-refractivity contribution in [1.29, 1.82) is 0 Å². The zero-order chi connectivity index (χ0) is 13.0. The van der Waals surface area contributed by atoms with E-state index in [-0.39, 0.29) is 35.7 Å². The Kier molecular flexibility index (Phi) is 6.17. The Balaban J connectivity index is 0.00000180. The molecule has 0 bridgehead atoms. The van der Waals surface area contributed by atoms with Crippen LogP contribution in [0.25, 0.3) is 0 Å². The molecule has 2 rings (SSSR count). The molecule has 6 nitrogen and oxygen atoms in total. The van der Waals surface area contributed by atoms with Crippen LogP contribution >= 0.6 is 12.4 Å². The lowest BCUT2D eigenvalue weighted by atomic mass is 10.0. The lowest BCUT2D eigenvalue weighted by Gasteiger charge is -2.33. The average molecular weight is 288 g/mol. The molecule has 106 valence electrons. The largest absolute Gasteiger partial charge is 0.394 e. The molecule has 1 fully saturated rings. The van der Waals surface area contributed by atoms with E-state index in [0.717, 1.165) is 26.2 Å². The number of para-hydroxylation sites is 1. The fraction of sp³-hybridized carbons (Fsp3) is 0.500. The third-order valence-corrected chi connectivity index (χ3v) is 3.26. The van der Waals surface area contributed by atoms with E-state index in [0.29, 0.717) is 5.56 Å². The predicted molar refractivity (Wildman–Crippen MR) is 74.6 cm³/mol. The summed E-state index contributed by atoms with van der Waals surface area (Å²) in [6.07, 6.45) is 0. The zero-order valence-corrected chi connectivity index (χ0v) is 11.3. The number of rotatable bonds is 4. The third-order valence-electron chi connectivity index (χ3n) is 3.26. The Labute approximate surface area is 118 Å². The van der Waals surface area contributed by atoms with Crippen molar-refractivity contribution in [1.82, 2.24) is 10.2 Å². The Morgan fingerprint density at radius 3 is 2.58 bits per heavy atom. The second kappa shape index (κ2) is 7.40. The van der Waals surface area contributed by atoms with Crippen molar-refractivity contribution in [3.05, 3.63) is 39.9 Å². The monoisotopic (exact) mass is 287 g/mol. The number of aliphatic hydroxyl groups excluding tert-OH is 1. The van der Waals surface area contributed by atoms with Crippen LogP contribution in [0.4, 0.5) is 5.69 Å². The van der Waals surface area contributed by atoms with E-state index in [1.54, 1.807) is 18.2 Å². The van der Waals surface area contributed by atoms with Gasteiger partial charge < -0.3 is 10.4 Å². The van der Waals surface area contributed by atoms with Gasteiger partial charge in [-0.05, 0) is 0 Å². The van der Waals surface area contributed by atoms with Crippen LogP contribution in [0.3, 0.4) is 0 Å². The molecule has 7 heteroatoms. The van der Waals surface area contributed by atoms with E-state index in [2.05, 4.69) is 10.2 Å². The van der Waals surface area contributed by atoms with Gasteiger partial charge in [0, 0.05) is 37.8 Å². The van der Waals surface area contributed by atoms with Gasteiger partial charge in [0.25, 0.3) is 5.69 Å². The normalized spacial score (nSPS) is 17.5. The Hall–Kier alpha value is -1.21. The molecule has 1 atom stereocenters. The molecule has 1 aromatic rings. The molecule has 0 aromatic heterocycles. The van der Waals surface area contributed by atoms with Crippen molar-refractivity contribution in [3.63, 3.8) is 0 Å². The van der Waals surface area contributed by atoms with Gasteiger partial charge in [-0.1, -0.05) is 18.2 Å². The van der Waals surface area contributed by atoms with E-state index >= 15 is 0 Å². The lowest BCUT2D eigenvalue weighted by Crippen LogP contribution is -2.46. The van der Waals surface area contributed by atoms with E-state index < -0.39 is 0 Å². The Morgan fingerprint density at radius 1 is 1.37 bits per heavy atom. The van der Waals surface area contributed by atoms with Gasteiger partial charge in [-0.3, -0.25) is 15.0 Å². The van der Waals surface area contributed by atoms with Gasteiger partial charge in [-0.15, -0.1) is 12.4 Å². The van der Waals surface area contributed by atoms with Crippen molar-refractivity contribution in [2.75, 3.05) is 32.8 Å². The zero-order valence-electron chi connectivity index (χ0n) is 10.5. The number of nitro groups is 1. The SMILES string of the molecule is Cl.O=[N+]([O-])c1ccccc1[C@@H](CO)N1CCNCC1. The molecule has 0 unspecified atom stereocenters. The highest BCUT2D eigenvalue weighted by molar-refractivity contribution is 5.85. The van der Waals surface area contributed by atoms with Crippen molar-refractivity contribution < 1.29 is 10.0 Å². The summed E-state index contributed by atoms with van der Waals surface area (Å²) in [6, 6.07) is 6.33. The molecule has 0 radical (unpaired) electrons. The summed E-state index contributed by atoms with van der Waals surface area (Å²) in [5.41, 5.74) is 0.669. The molecule has 1 aliphatic rings. The summed E-state index contributed by atoms with van der Waals surface area (Å²) >= 11 is 0. The summed E-state index contributed by atoms with van der Waals surface area (Å²) in [5, 5.41) is 23.8. The molecule has 0 amide bonds. The van der Waals surface area contributed by atoms with Crippen LogP contribution in [-0.4, -0.2) is 47.7 Å². The second-order valence-corrected chi connectivity index (χ2v) is 4.30. The minimum atomic E-state index is -0.389. The highest BCUT2D eigenvalue weighted by atomic mass is 35.5. The molecule has 1 aromatic carbocycles. The van der Waals surface area contributed by atoms with Crippen LogP contribution < -0.4 is 5.32 Å². The maximum atomic E-state index is 11.0. The molecule has 0 spiro atoms. The molecule has 0 aliphatic carbocycles. The molecule has 1 saturated heterocycles. The topological polar surface area (TPSA) is 78.6 Å². The summed E-state index contributed by atoms with van der Waals surface area (Å²) in [6.45, 7) is 3.16. The van der Waals surface area contributed by atoms with Gasteiger partial charge in [-0.25, -0.2) is 0 Å². The van der Waals surface area contributed by atoms with Gasteiger partial charge >= 0.3 is 0 Å². The van der Waals surface area contributed by atoms with Crippen molar-refractivity contribution in [2.24, 2.45) is 0 Å². The number of hydrogen-bond donors (Lipinski definition) is 2. The standard InChI is InChI=1S/C12H17N3O3.ClH/c16-9-12(14-7-5-13-6-8-14)10-3-1-2-4-11(10)15(17)18;/h1-4,12-13,16H,5-9H2;1H/t12-;/m1./s1. The van der Waals surface area contributed by atoms with Crippen molar-refractivity contribution in [3.8, 4) is 0 Å².